The van der Waals surface area contributed by atoms with E-state index < -0.39 is 0 Å². The Labute approximate surface area is 178 Å². The summed E-state index contributed by atoms with van der Waals surface area (Å²) >= 11 is 0. The number of anilines is 1. The molecule has 2 aromatic heterocycles. The Balaban J connectivity index is 1.36. The highest BCUT2D eigenvalue weighted by molar-refractivity contribution is 6.04. The Morgan fingerprint density at radius 3 is 2.68 bits per heavy atom. The second-order valence-electron chi connectivity index (χ2n) is 6.67. The smallest absolute Gasteiger partial charge is 0.257 e. The molecular formula is C23H18N6O2. The van der Waals surface area contributed by atoms with Crippen LogP contribution in [0.5, 0.6) is 5.75 Å². The van der Waals surface area contributed by atoms with Gasteiger partial charge in [-0.05, 0) is 47.5 Å². The van der Waals surface area contributed by atoms with Gasteiger partial charge in [-0.1, -0.05) is 24.3 Å². The number of aromatic nitrogens is 4. The average Bonchev–Trinajstić information content (AvgIpc) is 3.34. The predicted octanol–water partition coefficient (Wildman–Crippen LogP) is 3.56. The lowest BCUT2D eigenvalue weighted by molar-refractivity contribution is 0.102. The number of nitrogens with one attached hydrogen (secondary N) is 1. The lowest BCUT2D eigenvalue weighted by Crippen LogP contribution is -2.13. The van der Waals surface area contributed by atoms with Crippen molar-refractivity contribution in [2.75, 3.05) is 5.32 Å². The summed E-state index contributed by atoms with van der Waals surface area (Å²) in [6.07, 6.45) is 4.83. The number of ether oxygens (including phenoxy) is 1. The van der Waals surface area contributed by atoms with E-state index in [0.29, 0.717) is 30.1 Å². The van der Waals surface area contributed by atoms with Crippen LogP contribution in [0.15, 0.2) is 79.5 Å². The van der Waals surface area contributed by atoms with E-state index in [9.17, 15) is 4.79 Å². The number of carbonyl (C=O) groups excluding carboxylic acids is 1. The molecule has 1 N–H and O–H groups in total. The van der Waals surface area contributed by atoms with Crippen molar-refractivity contribution in [1.82, 2.24) is 19.7 Å². The van der Waals surface area contributed by atoms with Crippen LogP contribution in [0.2, 0.25) is 0 Å². The largest absolute Gasteiger partial charge is 0.489 e. The molecule has 1 amide bonds. The number of hydrogen-bond acceptors (Lipinski definition) is 6. The molecule has 152 valence electrons. The van der Waals surface area contributed by atoms with E-state index in [0.717, 1.165) is 16.9 Å². The predicted molar refractivity (Wildman–Crippen MR) is 114 cm³/mol. The molecule has 0 spiro atoms. The Morgan fingerprint density at radius 1 is 1.10 bits per heavy atom. The topological polar surface area (TPSA) is 106 Å². The number of rotatable bonds is 7. The minimum absolute atomic E-state index is 0.260. The zero-order chi connectivity index (χ0) is 21.5. The van der Waals surface area contributed by atoms with Crippen molar-refractivity contribution in [3.8, 4) is 17.6 Å². The van der Waals surface area contributed by atoms with Crippen LogP contribution in [-0.4, -0.2) is 25.7 Å². The zero-order valence-electron chi connectivity index (χ0n) is 16.5. The van der Waals surface area contributed by atoms with Crippen molar-refractivity contribution < 1.29 is 9.53 Å². The first kappa shape index (κ1) is 19.8. The molecule has 2 aromatic carbocycles. The molecule has 0 fully saturated rings. The second-order valence-corrected chi connectivity index (χ2v) is 6.67. The van der Waals surface area contributed by atoms with Gasteiger partial charge < -0.3 is 10.1 Å². The van der Waals surface area contributed by atoms with E-state index in [2.05, 4.69) is 26.5 Å². The van der Waals surface area contributed by atoms with Crippen LogP contribution in [0.4, 0.5) is 5.69 Å². The Morgan fingerprint density at radius 2 is 1.97 bits per heavy atom. The molecule has 0 radical (unpaired) electrons. The van der Waals surface area contributed by atoms with Gasteiger partial charge in [-0.15, -0.1) is 0 Å². The molecule has 4 aromatic rings. The molecule has 0 saturated carbocycles. The first-order chi connectivity index (χ1) is 15.2. The van der Waals surface area contributed by atoms with E-state index in [-0.39, 0.29) is 5.91 Å². The summed E-state index contributed by atoms with van der Waals surface area (Å²) in [7, 11) is 0. The molecule has 8 nitrogen and oxygen atoms in total. The van der Waals surface area contributed by atoms with Gasteiger partial charge in [0, 0.05) is 11.9 Å². The third-order valence-corrected chi connectivity index (χ3v) is 4.46. The quantitative estimate of drug-likeness (QED) is 0.499. The molecule has 0 aliphatic rings. The van der Waals surface area contributed by atoms with Crippen molar-refractivity contribution in [2.24, 2.45) is 0 Å². The lowest BCUT2D eigenvalue weighted by atomic mass is 10.1. The Kier molecular flexibility index (Phi) is 5.95. The summed E-state index contributed by atoms with van der Waals surface area (Å²) in [6, 6.07) is 20.4. The first-order valence-electron chi connectivity index (χ1n) is 9.51. The Bertz CT molecular complexity index is 1200. The van der Waals surface area contributed by atoms with Gasteiger partial charge >= 0.3 is 0 Å². The van der Waals surface area contributed by atoms with Crippen LogP contribution < -0.4 is 10.1 Å². The van der Waals surface area contributed by atoms with Gasteiger partial charge in [0.2, 0.25) is 0 Å². The van der Waals surface area contributed by atoms with Crippen LogP contribution in [0.1, 0.15) is 21.5 Å². The van der Waals surface area contributed by atoms with Crippen LogP contribution >= 0.6 is 0 Å². The third-order valence-electron chi connectivity index (χ3n) is 4.46. The molecular weight excluding hydrogens is 392 g/mol. The van der Waals surface area contributed by atoms with E-state index in [1.54, 1.807) is 12.1 Å². The molecule has 8 heteroatoms. The number of nitrogens with zero attached hydrogens (tertiary/aromatic N) is 5. The fourth-order valence-electron chi connectivity index (χ4n) is 2.89. The summed E-state index contributed by atoms with van der Waals surface area (Å²) < 4.78 is 7.32. The van der Waals surface area contributed by atoms with E-state index >= 15 is 0 Å². The number of nitriles is 1. The van der Waals surface area contributed by atoms with Crippen molar-refractivity contribution in [3.63, 3.8) is 0 Å². The van der Waals surface area contributed by atoms with Gasteiger partial charge in [-0.3, -0.25) is 4.79 Å². The van der Waals surface area contributed by atoms with Gasteiger partial charge in [0.1, 0.15) is 25.0 Å². The van der Waals surface area contributed by atoms with E-state index in [4.69, 9.17) is 10.00 Å². The average molecular weight is 410 g/mol. The highest BCUT2D eigenvalue weighted by Gasteiger charge is 2.08. The lowest BCUT2D eigenvalue weighted by Gasteiger charge is -2.10. The normalized spacial score (nSPS) is 10.3. The molecule has 0 bridgehead atoms. The van der Waals surface area contributed by atoms with Crippen molar-refractivity contribution >= 4 is 11.6 Å². The first-order valence-corrected chi connectivity index (χ1v) is 9.51. The second kappa shape index (κ2) is 9.33. The number of benzene rings is 2. The van der Waals surface area contributed by atoms with Crippen molar-refractivity contribution in [2.45, 2.75) is 13.0 Å². The maximum Gasteiger partial charge on any atom is 0.257 e. The van der Waals surface area contributed by atoms with Crippen molar-refractivity contribution in [1.29, 1.82) is 5.26 Å². The maximum absolute atomic E-state index is 12.5. The zero-order valence-corrected chi connectivity index (χ0v) is 16.5. The molecule has 0 aliphatic carbocycles. The minimum atomic E-state index is -0.260. The van der Waals surface area contributed by atoms with Crippen LogP contribution in [0.3, 0.4) is 0 Å². The minimum Gasteiger partial charge on any atom is -0.489 e. The van der Waals surface area contributed by atoms with Gasteiger partial charge in [-0.2, -0.15) is 10.4 Å². The van der Waals surface area contributed by atoms with Crippen LogP contribution in [-0.2, 0) is 13.0 Å². The van der Waals surface area contributed by atoms with Gasteiger partial charge in [0.25, 0.3) is 5.91 Å². The number of pyridine rings is 1. The summed E-state index contributed by atoms with van der Waals surface area (Å²) in [5, 5.41) is 15.6. The molecule has 0 aliphatic heterocycles. The molecule has 0 unspecified atom stereocenters. The monoisotopic (exact) mass is 410 g/mol. The van der Waals surface area contributed by atoms with Gasteiger partial charge in [0.15, 0.2) is 5.82 Å². The van der Waals surface area contributed by atoms with Crippen molar-refractivity contribution in [3.05, 3.63) is 96.2 Å². The molecule has 0 saturated heterocycles. The summed E-state index contributed by atoms with van der Waals surface area (Å²) in [5.74, 6) is 1.03. The number of carbonyl (C=O) groups is 1. The third kappa shape index (κ3) is 5.10. The molecule has 2 heterocycles. The SMILES string of the molecule is N#CCc1ccc(OCc2cccc(NC(=O)c3ccc(-n4cncn4)nc3)c2)cc1. The van der Waals surface area contributed by atoms with Crippen LogP contribution in [0, 0.1) is 11.3 Å². The molecule has 31 heavy (non-hydrogen) atoms. The standard InChI is InChI=1S/C23H18N6O2/c24-11-10-17-4-7-21(8-5-17)31-14-18-2-1-3-20(12-18)28-23(30)19-6-9-22(26-13-19)29-16-25-15-27-29/h1-9,12-13,15-16H,10,14H2,(H,28,30). The van der Waals surface area contributed by atoms with Crippen LogP contribution in [0.25, 0.3) is 5.82 Å². The summed E-state index contributed by atoms with van der Waals surface area (Å²) in [6.45, 7) is 0.357. The Hall–Kier alpha value is -4.51. The number of amides is 1. The van der Waals surface area contributed by atoms with Gasteiger partial charge in [0.05, 0.1) is 18.1 Å². The maximum atomic E-state index is 12.5. The van der Waals surface area contributed by atoms with E-state index in [1.165, 1.54) is 23.5 Å². The van der Waals surface area contributed by atoms with E-state index in [1.807, 2.05) is 48.5 Å². The molecule has 0 atom stereocenters. The number of hydrogen-bond donors (Lipinski definition) is 1. The fraction of sp³-hybridized carbons (Fsp3) is 0.0870. The fourth-order valence-corrected chi connectivity index (χ4v) is 2.89. The van der Waals surface area contributed by atoms with Gasteiger partial charge in [-0.25, -0.2) is 14.6 Å². The molecule has 4 rings (SSSR count). The summed E-state index contributed by atoms with van der Waals surface area (Å²) in [4.78, 5) is 20.7. The highest BCUT2D eigenvalue weighted by atomic mass is 16.5. The highest BCUT2D eigenvalue weighted by Crippen LogP contribution is 2.17. The summed E-state index contributed by atoms with van der Waals surface area (Å²) in [5.41, 5.74) is 2.96.